The number of carbonyl (C=O) groups is 1. The first-order valence-electron chi connectivity index (χ1n) is 6.66. The highest BCUT2D eigenvalue weighted by atomic mass is 79.9. The van der Waals surface area contributed by atoms with E-state index in [4.69, 9.17) is 0 Å². The molecule has 0 aliphatic rings. The van der Waals surface area contributed by atoms with Gasteiger partial charge in [0.2, 0.25) is 0 Å². The van der Waals surface area contributed by atoms with Crippen LogP contribution in [0.25, 0.3) is 11.1 Å². The quantitative estimate of drug-likeness (QED) is 0.790. The molecule has 0 aliphatic heterocycles. The van der Waals surface area contributed by atoms with E-state index < -0.39 is 5.56 Å². The van der Waals surface area contributed by atoms with Gasteiger partial charge in [0.1, 0.15) is 11.6 Å². The number of nitriles is 1. The Morgan fingerprint density at radius 3 is 2.61 bits per heavy atom. The lowest BCUT2D eigenvalue weighted by Crippen LogP contribution is -2.16. The highest BCUT2D eigenvalue weighted by Gasteiger charge is 2.17. The lowest BCUT2D eigenvalue weighted by atomic mass is 10.0. The molecule has 0 bridgehead atoms. The maximum Gasteiger partial charge on any atom is 0.285 e. The molecule has 1 N–H and O–H groups in total. The van der Waals surface area contributed by atoms with Gasteiger partial charge in [-0.05, 0) is 42.4 Å². The number of nitrogens with one attached hydrogen (secondary N) is 1. The maximum absolute atomic E-state index is 12.0. The van der Waals surface area contributed by atoms with Gasteiger partial charge >= 0.3 is 0 Å². The molecule has 2 aromatic rings. The fourth-order valence-corrected chi connectivity index (χ4v) is 3.36. The number of H-pyrrole nitrogens is 1. The predicted molar refractivity (Wildman–Crippen MR) is 94.6 cm³/mol. The fraction of sp³-hybridized carbons (Fsp3) is 0.188. The monoisotopic (exact) mass is 391 g/mol. The number of aromatic amines is 1. The van der Waals surface area contributed by atoms with Crippen molar-refractivity contribution in [2.75, 3.05) is 14.1 Å². The first kappa shape index (κ1) is 17.3. The average Bonchev–Trinajstić information content (AvgIpc) is 2.46. The predicted octanol–water partition coefficient (Wildman–Crippen LogP) is 3.76. The number of pyridine rings is 1. The van der Waals surface area contributed by atoms with Crippen molar-refractivity contribution in [3.05, 3.63) is 50.3 Å². The number of amides is 1. The number of rotatable bonds is 2. The summed E-state index contributed by atoms with van der Waals surface area (Å²) < 4.78 is 0.815. The normalized spacial score (nSPS) is 10.2. The number of aromatic nitrogens is 1. The molecule has 7 heteroatoms. The number of hydrogen-bond acceptors (Lipinski definition) is 4. The molecular weight excluding hydrogens is 378 g/mol. The van der Waals surface area contributed by atoms with Crippen molar-refractivity contribution in [2.24, 2.45) is 0 Å². The molecule has 5 nitrogen and oxygen atoms in total. The summed E-state index contributed by atoms with van der Waals surface area (Å²) in [5.41, 5.74) is 1.47. The van der Waals surface area contributed by atoms with Gasteiger partial charge in [-0.3, -0.25) is 9.59 Å². The summed E-state index contributed by atoms with van der Waals surface area (Å²) >= 11 is 4.44. The van der Waals surface area contributed by atoms with Crippen molar-refractivity contribution in [1.82, 2.24) is 9.88 Å². The highest BCUT2D eigenvalue weighted by molar-refractivity contribution is 9.10. The minimum Gasteiger partial charge on any atom is -0.339 e. The minimum absolute atomic E-state index is 0.0390. The van der Waals surface area contributed by atoms with E-state index in [9.17, 15) is 14.9 Å². The molecule has 0 spiro atoms. The lowest BCUT2D eigenvalue weighted by molar-refractivity contribution is 0.241. The Kier molecular flexibility index (Phi) is 5.29. The van der Waals surface area contributed by atoms with E-state index in [-0.39, 0.29) is 10.8 Å². The maximum atomic E-state index is 12.0. The number of hydrogen-bond donors (Lipinski definition) is 1. The first-order valence-corrected chi connectivity index (χ1v) is 8.27. The number of nitrogens with zero attached hydrogens (tertiary/aromatic N) is 2. The molecule has 1 aromatic carbocycles. The van der Waals surface area contributed by atoms with Crippen LogP contribution in [-0.4, -0.2) is 29.2 Å². The Hall–Kier alpha value is -2.04. The van der Waals surface area contributed by atoms with Crippen LogP contribution in [0.2, 0.25) is 0 Å². The van der Waals surface area contributed by atoms with Gasteiger partial charge in [0, 0.05) is 34.7 Å². The van der Waals surface area contributed by atoms with Crippen molar-refractivity contribution >= 4 is 32.9 Å². The zero-order valence-electron chi connectivity index (χ0n) is 12.8. The zero-order chi connectivity index (χ0) is 17.1. The van der Waals surface area contributed by atoms with E-state index in [1.807, 2.05) is 12.1 Å². The van der Waals surface area contributed by atoms with Crippen molar-refractivity contribution in [3.8, 4) is 17.2 Å². The number of halogens is 1. The van der Waals surface area contributed by atoms with Crippen LogP contribution in [0.5, 0.6) is 0 Å². The second-order valence-electron chi connectivity index (χ2n) is 5.08. The summed E-state index contributed by atoms with van der Waals surface area (Å²) in [5.74, 6) is 0. The molecule has 0 fully saturated rings. The van der Waals surface area contributed by atoms with Crippen LogP contribution in [0.4, 0.5) is 4.79 Å². The van der Waals surface area contributed by atoms with Crippen LogP contribution in [0.3, 0.4) is 0 Å². The summed E-state index contributed by atoms with van der Waals surface area (Å²) in [6, 6.07) is 9.11. The van der Waals surface area contributed by atoms with Gasteiger partial charge in [-0.25, -0.2) is 0 Å². The van der Waals surface area contributed by atoms with Crippen LogP contribution in [-0.2, 0) is 0 Å². The smallest absolute Gasteiger partial charge is 0.285 e. The van der Waals surface area contributed by atoms with E-state index >= 15 is 0 Å². The molecule has 1 amide bonds. The Morgan fingerprint density at radius 2 is 2.00 bits per heavy atom. The van der Waals surface area contributed by atoms with Gasteiger partial charge < -0.3 is 9.88 Å². The van der Waals surface area contributed by atoms with E-state index in [1.54, 1.807) is 39.2 Å². The van der Waals surface area contributed by atoms with Gasteiger partial charge in [0.25, 0.3) is 10.8 Å². The zero-order valence-corrected chi connectivity index (χ0v) is 15.2. The molecule has 0 aliphatic carbocycles. The SMILES string of the molecule is Cc1cc(-c2ccc(Br)cc2SC(=O)N(C)C)c(C#N)c(=O)[nH]1. The van der Waals surface area contributed by atoms with E-state index in [2.05, 4.69) is 20.9 Å². The van der Waals surface area contributed by atoms with E-state index in [1.165, 1.54) is 4.90 Å². The molecule has 0 radical (unpaired) electrons. The third-order valence-corrected chi connectivity index (χ3v) is 4.67. The molecule has 0 unspecified atom stereocenters. The molecule has 1 heterocycles. The van der Waals surface area contributed by atoms with Gasteiger partial charge in [0.05, 0.1) is 0 Å². The van der Waals surface area contributed by atoms with Crippen LogP contribution < -0.4 is 5.56 Å². The minimum atomic E-state index is -0.430. The number of aryl methyl sites for hydroxylation is 1. The van der Waals surface area contributed by atoms with E-state index in [0.29, 0.717) is 21.7 Å². The van der Waals surface area contributed by atoms with Crippen LogP contribution in [0.1, 0.15) is 11.3 Å². The number of thioether (sulfide) groups is 1. The number of benzene rings is 1. The van der Waals surface area contributed by atoms with Crippen LogP contribution in [0.15, 0.2) is 38.4 Å². The summed E-state index contributed by atoms with van der Waals surface area (Å²) in [6.07, 6.45) is 0. The Morgan fingerprint density at radius 1 is 1.30 bits per heavy atom. The van der Waals surface area contributed by atoms with Crippen molar-refractivity contribution in [2.45, 2.75) is 11.8 Å². The Bertz CT molecular complexity index is 869. The second kappa shape index (κ2) is 7.02. The topological polar surface area (TPSA) is 77.0 Å². The summed E-state index contributed by atoms with van der Waals surface area (Å²) in [5, 5.41) is 9.17. The fourth-order valence-electron chi connectivity index (χ4n) is 2.00. The largest absolute Gasteiger partial charge is 0.339 e. The summed E-state index contributed by atoms with van der Waals surface area (Å²) in [6.45, 7) is 1.75. The molecule has 0 saturated carbocycles. The molecule has 1 aromatic heterocycles. The summed E-state index contributed by atoms with van der Waals surface area (Å²) in [4.78, 5) is 28.8. The van der Waals surface area contributed by atoms with Crippen LogP contribution in [0, 0.1) is 18.3 Å². The standard InChI is InChI=1S/C16H14BrN3O2S/c1-9-6-12(13(8-18)15(21)19-9)11-5-4-10(17)7-14(11)23-16(22)20(2)3/h4-7H,1-3H3,(H,19,21). The van der Waals surface area contributed by atoms with Crippen LogP contribution >= 0.6 is 27.7 Å². The van der Waals surface area contributed by atoms with Gasteiger partial charge in [0.15, 0.2) is 0 Å². The second-order valence-corrected chi connectivity index (χ2v) is 6.99. The van der Waals surface area contributed by atoms with Crippen molar-refractivity contribution in [1.29, 1.82) is 5.26 Å². The molecule has 118 valence electrons. The Balaban J connectivity index is 2.68. The molecule has 23 heavy (non-hydrogen) atoms. The number of carbonyl (C=O) groups excluding carboxylic acids is 1. The summed E-state index contributed by atoms with van der Waals surface area (Å²) in [7, 11) is 3.34. The van der Waals surface area contributed by atoms with Crippen molar-refractivity contribution in [3.63, 3.8) is 0 Å². The molecular formula is C16H14BrN3O2S. The first-order chi connectivity index (χ1) is 10.8. The molecule has 0 atom stereocenters. The van der Waals surface area contributed by atoms with Gasteiger partial charge in [-0.2, -0.15) is 5.26 Å². The molecule has 2 rings (SSSR count). The van der Waals surface area contributed by atoms with Gasteiger partial charge in [-0.15, -0.1) is 0 Å². The van der Waals surface area contributed by atoms with Gasteiger partial charge in [-0.1, -0.05) is 22.0 Å². The highest BCUT2D eigenvalue weighted by Crippen LogP contribution is 2.35. The lowest BCUT2D eigenvalue weighted by Gasteiger charge is -2.14. The third kappa shape index (κ3) is 3.84. The third-order valence-electron chi connectivity index (χ3n) is 3.08. The van der Waals surface area contributed by atoms with E-state index in [0.717, 1.165) is 16.2 Å². The Labute approximate surface area is 146 Å². The molecule has 0 saturated heterocycles. The van der Waals surface area contributed by atoms with Crippen molar-refractivity contribution < 1.29 is 4.79 Å². The average molecular weight is 392 g/mol.